The molecule has 0 spiro atoms. The van der Waals surface area contributed by atoms with Crippen LogP contribution in [0.5, 0.6) is 0 Å². The Bertz CT molecular complexity index is 1310. The number of allylic oxidation sites excluding steroid dienone is 3. The predicted molar refractivity (Wildman–Crippen MR) is 139 cm³/mol. The molecular weight excluding hydrogens is 440 g/mol. The molecule has 8 nitrogen and oxygen atoms in total. The topological polar surface area (TPSA) is 85.2 Å². The van der Waals surface area contributed by atoms with Crippen molar-refractivity contribution in [1.82, 2.24) is 19.5 Å². The first-order chi connectivity index (χ1) is 17.1. The Morgan fingerprint density at radius 3 is 2.71 bits per heavy atom. The van der Waals surface area contributed by atoms with Gasteiger partial charge in [-0.25, -0.2) is 15.0 Å². The van der Waals surface area contributed by atoms with Crippen LogP contribution in [-0.4, -0.2) is 51.9 Å². The van der Waals surface area contributed by atoms with Gasteiger partial charge in [-0.3, -0.25) is 4.79 Å². The number of aromatic nitrogens is 4. The van der Waals surface area contributed by atoms with Crippen molar-refractivity contribution in [1.29, 1.82) is 0 Å². The fourth-order valence-electron chi connectivity index (χ4n) is 4.75. The van der Waals surface area contributed by atoms with Crippen LogP contribution < -0.4 is 15.8 Å². The van der Waals surface area contributed by atoms with Crippen molar-refractivity contribution >= 4 is 22.7 Å². The van der Waals surface area contributed by atoms with Crippen LogP contribution in [0.25, 0.3) is 11.0 Å². The first kappa shape index (κ1) is 23.2. The normalized spacial score (nSPS) is 20.2. The summed E-state index contributed by atoms with van der Waals surface area (Å²) in [7, 11) is 1.83. The van der Waals surface area contributed by atoms with E-state index in [1.165, 1.54) is 11.8 Å². The van der Waals surface area contributed by atoms with Crippen molar-refractivity contribution in [2.24, 2.45) is 7.05 Å². The molecular formula is C27H32N6O2. The van der Waals surface area contributed by atoms with Gasteiger partial charge in [0, 0.05) is 44.3 Å². The molecule has 3 heterocycles. The number of anilines is 2. The molecule has 2 aliphatic rings. The van der Waals surface area contributed by atoms with Gasteiger partial charge in [-0.1, -0.05) is 18.2 Å². The number of ether oxygens (including phenoxy) is 1. The maximum Gasteiger partial charge on any atom is 0.269 e. The Morgan fingerprint density at radius 1 is 1.11 bits per heavy atom. The molecule has 1 fully saturated rings. The van der Waals surface area contributed by atoms with Gasteiger partial charge in [0.15, 0.2) is 0 Å². The van der Waals surface area contributed by atoms with E-state index in [9.17, 15) is 4.79 Å². The minimum Gasteiger partial charge on any atom is -0.378 e. The van der Waals surface area contributed by atoms with Crippen molar-refractivity contribution in [3.63, 3.8) is 0 Å². The highest BCUT2D eigenvalue weighted by atomic mass is 16.5. The van der Waals surface area contributed by atoms with E-state index < -0.39 is 0 Å². The van der Waals surface area contributed by atoms with Crippen LogP contribution in [-0.2, 0) is 18.2 Å². The summed E-state index contributed by atoms with van der Waals surface area (Å²) in [6.07, 6.45) is 15.5. The summed E-state index contributed by atoms with van der Waals surface area (Å²) in [4.78, 5) is 28.1. The van der Waals surface area contributed by atoms with E-state index in [1.807, 2.05) is 26.4 Å². The summed E-state index contributed by atoms with van der Waals surface area (Å²) >= 11 is 0. The van der Waals surface area contributed by atoms with Gasteiger partial charge in [-0.15, -0.1) is 0 Å². The van der Waals surface area contributed by atoms with Crippen molar-refractivity contribution in [3.8, 4) is 0 Å². The highest BCUT2D eigenvalue weighted by molar-refractivity contribution is 5.83. The Morgan fingerprint density at radius 2 is 1.91 bits per heavy atom. The Labute approximate surface area is 205 Å². The quantitative estimate of drug-likeness (QED) is 0.608. The number of hydrogen-bond donors (Lipinski definition) is 1. The maximum atomic E-state index is 12.4. The van der Waals surface area contributed by atoms with Gasteiger partial charge >= 0.3 is 0 Å². The van der Waals surface area contributed by atoms with E-state index in [0.29, 0.717) is 5.95 Å². The number of benzene rings is 1. The molecule has 0 unspecified atom stereocenters. The highest BCUT2D eigenvalue weighted by Gasteiger charge is 2.17. The first-order valence-corrected chi connectivity index (χ1v) is 12.3. The number of morpholine rings is 1. The number of nitrogens with one attached hydrogen (secondary N) is 1. The first-order valence-electron chi connectivity index (χ1n) is 12.3. The minimum absolute atomic E-state index is 0.0950. The van der Waals surface area contributed by atoms with Gasteiger partial charge in [-0.05, 0) is 61.4 Å². The number of rotatable bonds is 5. The Balaban J connectivity index is 1.44. The molecule has 1 aromatic carbocycles. The van der Waals surface area contributed by atoms with E-state index in [0.717, 1.165) is 79.8 Å². The summed E-state index contributed by atoms with van der Waals surface area (Å²) < 4.78 is 7.26. The second-order valence-corrected chi connectivity index (χ2v) is 9.32. The van der Waals surface area contributed by atoms with E-state index in [4.69, 9.17) is 4.74 Å². The average molecular weight is 473 g/mol. The largest absolute Gasteiger partial charge is 0.378 e. The van der Waals surface area contributed by atoms with Crippen LogP contribution in [0.4, 0.5) is 11.6 Å². The van der Waals surface area contributed by atoms with Crippen molar-refractivity contribution in [3.05, 3.63) is 76.0 Å². The standard InChI is InChI=1S/C27H32N6O2/c1-19-16-29-27(30-17-19)31-22-6-4-3-5-20(7-8-22)13-21-14-23(33-9-11-35-12-10-33)15-24-26(21)32(2)25(34)18-28-24/h3,5,7,14-18,22H,4,6,8-13H2,1-2H3,(H,29,30,31)/b5-3?,20-7+/t22-/m1/s1. The third-order valence-corrected chi connectivity index (χ3v) is 6.70. The lowest BCUT2D eigenvalue weighted by Gasteiger charge is -2.29. The van der Waals surface area contributed by atoms with Crippen LogP contribution in [0.2, 0.25) is 0 Å². The van der Waals surface area contributed by atoms with Gasteiger partial charge in [-0.2, -0.15) is 0 Å². The third-order valence-electron chi connectivity index (χ3n) is 6.70. The smallest absolute Gasteiger partial charge is 0.269 e. The summed E-state index contributed by atoms with van der Waals surface area (Å²) in [5, 5.41) is 3.48. The van der Waals surface area contributed by atoms with Gasteiger partial charge in [0.05, 0.1) is 30.4 Å². The molecule has 8 heteroatoms. The molecule has 1 saturated heterocycles. The zero-order valence-corrected chi connectivity index (χ0v) is 20.4. The van der Waals surface area contributed by atoms with Crippen molar-refractivity contribution in [2.45, 2.75) is 38.6 Å². The highest BCUT2D eigenvalue weighted by Crippen LogP contribution is 2.28. The third kappa shape index (κ3) is 5.43. The fraction of sp³-hybridized carbons (Fsp3) is 0.407. The lowest BCUT2D eigenvalue weighted by Crippen LogP contribution is -2.36. The average Bonchev–Trinajstić information content (AvgIpc) is 2.86. The number of hydrogen-bond acceptors (Lipinski definition) is 7. The molecule has 2 aromatic heterocycles. The van der Waals surface area contributed by atoms with Gasteiger partial charge < -0.3 is 19.5 Å². The Hall–Kier alpha value is -3.52. The molecule has 1 aliphatic carbocycles. The van der Waals surface area contributed by atoms with Gasteiger partial charge in [0.25, 0.3) is 5.56 Å². The number of fused-ring (bicyclic) bond motifs is 1. The second kappa shape index (κ2) is 10.4. The van der Waals surface area contributed by atoms with Gasteiger partial charge in [0.1, 0.15) is 0 Å². The molecule has 0 radical (unpaired) electrons. The van der Waals surface area contributed by atoms with E-state index >= 15 is 0 Å². The summed E-state index contributed by atoms with van der Waals surface area (Å²) in [6.45, 7) is 5.14. The lowest BCUT2D eigenvalue weighted by molar-refractivity contribution is 0.122. The zero-order chi connectivity index (χ0) is 24.2. The zero-order valence-electron chi connectivity index (χ0n) is 20.4. The van der Waals surface area contributed by atoms with E-state index in [-0.39, 0.29) is 11.6 Å². The van der Waals surface area contributed by atoms with Crippen molar-refractivity contribution < 1.29 is 4.74 Å². The van der Waals surface area contributed by atoms with Crippen LogP contribution in [0.15, 0.2) is 59.3 Å². The molecule has 0 amide bonds. The number of nitrogens with zero attached hydrogens (tertiary/aromatic N) is 5. The van der Waals surface area contributed by atoms with E-state index in [1.54, 1.807) is 4.57 Å². The summed E-state index contributed by atoms with van der Waals surface area (Å²) in [5.41, 5.74) is 6.17. The molecule has 182 valence electrons. The van der Waals surface area contributed by atoms with E-state index in [2.05, 4.69) is 55.5 Å². The second-order valence-electron chi connectivity index (χ2n) is 9.32. The molecule has 0 bridgehead atoms. The minimum atomic E-state index is -0.0950. The van der Waals surface area contributed by atoms with Crippen LogP contribution in [0.3, 0.4) is 0 Å². The maximum absolute atomic E-state index is 12.4. The molecule has 5 rings (SSSR count). The Kier molecular flexibility index (Phi) is 6.90. The molecule has 1 N–H and O–H groups in total. The monoisotopic (exact) mass is 472 g/mol. The van der Waals surface area contributed by atoms with Crippen LogP contribution >= 0.6 is 0 Å². The summed E-state index contributed by atoms with van der Waals surface area (Å²) in [6, 6.07) is 4.58. The fourth-order valence-corrected chi connectivity index (χ4v) is 4.75. The van der Waals surface area contributed by atoms with Gasteiger partial charge in [0.2, 0.25) is 5.95 Å². The molecule has 1 aliphatic heterocycles. The molecule has 1 atom stereocenters. The SMILES string of the molecule is Cc1cnc(N[C@H]2C/C=C(/Cc3cc(N4CCOCC4)cc4ncc(=O)n(C)c34)C=CCC2)nc1. The summed E-state index contributed by atoms with van der Waals surface area (Å²) in [5.74, 6) is 0.672. The molecule has 3 aromatic rings. The van der Waals surface area contributed by atoms with Crippen LogP contribution in [0, 0.1) is 6.92 Å². The van der Waals surface area contributed by atoms with Crippen LogP contribution in [0.1, 0.15) is 30.4 Å². The van der Waals surface area contributed by atoms with Crippen molar-refractivity contribution in [2.75, 3.05) is 36.5 Å². The molecule has 35 heavy (non-hydrogen) atoms. The number of aryl methyl sites for hydroxylation is 2. The predicted octanol–water partition coefficient (Wildman–Crippen LogP) is 3.56. The lowest BCUT2D eigenvalue weighted by atomic mass is 9.96. The molecule has 0 saturated carbocycles.